The summed E-state index contributed by atoms with van der Waals surface area (Å²) in [7, 11) is 0. The Balaban J connectivity index is 1.55. The van der Waals surface area contributed by atoms with Gasteiger partial charge in [-0.3, -0.25) is 9.59 Å². The molecule has 0 spiro atoms. The Morgan fingerprint density at radius 1 is 1.08 bits per heavy atom. The molecular formula is C20H20FNO3. The van der Waals surface area contributed by atoms with Crippen LogP contribution in [0.3, 0.4) is 0 Å². The van der Waals surface area contributed by atoms with E-state index in [9.17, 15) is 19.1 Å². The zero-order valence-electron chi connectivity index (χ0n) is 13.8. The van der Waals surface area contributed by atoms with Crippen LogP contribution in [-0.2, 0) is 11.2 Å². The molecule has 5 heteroatoms. The molecule has 1 fully saturated rings. The van der Waals surface area contributed by atoms with Gasteiger partial charge in [-0.15, -0.1) is 0 Å². The molecule has 0 bridgehead atoms. The standard InChI is InChI=1S/C20H20FNO3/c21-17-3-1-2-14(12-17)13-19(24)22-10-8-16(9-11-22)20(25)15-4-6-18(23)7-5-15/h1-7,12,16,23H,8-11,13H2. The van der Waals surface area contributed by atoms with Crippen LogP contribution in [0.4, 0.5) is 4.39 Å². The maximum atomic E-state index is 13.2. The van der Waals surface area contributed by atoms with Crippen molar-refractivity contribution in [3.63, 3.8) is 0 Å². The van der Waals surface area contributed by atoms with Crippen LogP contribution in [0.1, 0.15) is 28.8 Å². The van der Waals surface area contributed by atoms with Gasteiger partial charge in [0.25, 0.3) is 0 Å². The fourth-order valence-electron chi connectivity index (χ4n) is 3.19. The summed E-state index contributed by atoms with van der Waals surface area (Å²) < 4.78 is 13.2. The number of phenolic OH excluding ortho intramolecular Hbond substituents is 1. The third kappa shape index (κ3) is 4.24. The second-order valence-electron chi connectivity index (χ2n) is 6.37. The molecule has 1 N–H and O–H groups in total. The molecule has 25 heavy (non-hydrogen) atoms. The Hall–Kier alpha value is -2.69. The number of carbonyl (C=O) groups excluding carboxylic acids is 2. The number of hydrogen-bond donors (Lipinski definition) is 1. The lowest BCUT2D eigenvalue weighted by molar-refractivity contribution is -0.131. The van der Waals surface area contributed by atoms with Crippen molar-refractivity contribution >= 4 is 11.7 Å². The van der Waals surface area contributed by atoms with Crippen LogP contribution >= 0.6 is 0 Å². The summed E-state index contributed by atoms with van der Waals surface area (Å²) in [6.07, 6.45) is 1.41. The van der Waals surface area contributed by atoms with E-state index in [1.54, 1.807) is 29.2 Å². The summed E-state index contributed by atoms with van der Waals surface area (Å²) in [6, 6.07) is 12.3. The lowest BCUT2D eigenvalue weighted by atomic mass is 9.88. The monoisotopic (exact) mass is 341 g/mol. The summed E-state index contributed by atoms with van der Waals surface area (Å²) in [4.78, 5) is 26.6. The number of hydrogen-bond acceptors (Lipinski definition) is 3. The Kier molecular flexibility index (Phi) is 5.12. The molecule has 2 aromatic carbocycles. The number of ketones is 1. The largest absolute Gasteiger partial charge is 0.508 e. The molecule has 0 atom stereocenters. The van der Waals surface area contributed by atoms with E-state index >= 15 is 0 Å². The molecule has 1 aliphatic rings. The third-order valence-electron chi connectivity index (χ3n) is 4.61. The molecule has 1 aliphatic heterocycles. The van der Waals surface area contributed by atoms with E-state index in [2.05, 4.69) is 0 Å². The number of rotatable bonds is 4. The Labute approximate surface area is 145 Å². The Morgan fingerprint density at radius 3 is 2.40 bits per heavy atom. The van der Waals surface area contributed by atoms with Gasteiger partial charge in [-0.05, 0) is 54.8 Å². The van der Waals surface area contributed by atoms with Crippen molar-refractivity contribution in [2.24, 2.45) is 5.92 Å². The third-order valence-corrected chi connectivity index (χ3v) is 4.61. The first-order valence-corrected chi connectivity index (χ1v) is 8.38. The smallest absolute Gasteiger partial charge is 0.226 e. The van der Waals surface area contributed by atoms with Crippen molar-refractivity contribution in [2.45, 2.75) is 19.3 Å². The summed E-state index contributed by atoms with van der Waals surface area (Å²) in [5, 5.41) is 9.30. The molecule has 2 aromatic rings. The highest BCUT2D eigenvalue weighted by Gasteiger charge is 2.27. The van der Waals surface area contributed by atoms with Gasteiger partial charge in [0, 0.05) is 24.6 Å². The molecule has 4 nitrogen and oxygen atoms in total. The van der Waals surface area contributed by atoms with E-state index < -0.39 is 0 Å². The molecule has 1 saturated heterocycles. The predicted octanol–water partition coefficient (Wildman–Crippen LogP) is 3.20. The fourth-order valence-corrected chi connectivity index (χ4v) is 3.19. The average molecular weight is 341 g/mol. The average Bonchev–Trinajstić information content (AvgIpc) is 2.62. The summed E-state index contributed by atoms with van der Waals surface area (Å²) in [5.74, 6) is -0.307. The van der Waals surface area contributed by atoms with E-state index in [1.807, 2.05) is 0 Å². The van der Waals surface area contributed by atoms with Gasteiger partial charge in [-0.2, -0.15) is 0 Å². The van der Waals surface area contributed by atoms with Crippen molar-refractivity contribution < 1.29 is 19.1 Å². The second kappa shape index (κ2) is 7.47. The van der Waals surface area contributed by atoms with Crippen molar-refractivity contribution in [3.05, 3.63) is 65.5 Å². The zero-order chi connectivity index (χ0) is 17.8. The summed E-state index contributed by atoms with van der Waals surface area (Å²) >= 11 is 0. The molecule has 130 valence electrons. The molecule has 3 rings (SSSR count). The van der Waals surface area contributed by atoms with E-state index in [0.29, 0.717) is 37.1 Å². The van der Waals surface area contributed by atoms with Gasteiger partial charge < -0.3 is 10.0 Å². The van der Waals surface area contributed by atoms with Crippen molar-refractivity contribution in [3.8, 4) is 5.75 Å². The number of aromatic hydroxyl groups is 1. The maximum Gasteiger partial charge on any atom is 0.226 e. The molecule has 1 heterocycles. The number of piperidine rings is 1. The number of amides is 1. The molecule has 1 amide bonds. The summed E-state index contributed by atoms with van der Waals surface area (Å²) in [5.41, 5.74) is 1.25. The highest BCUT2D eigenvalue weighted by molar-refractivity contribution is 5.98. The minimum absolute atomic E-state index is 0.0406. The van der Waals surface area contributed by atoms with E-state index in [-0.39, 0.29) is 35.6 Å². The van der Waals surface area contributed by atoms with Gasteiger partial charge in [0.05, 0.1) is 6.42 Å². The second-order valence-corrected chi connectivity index (χ2v) is 6.37. The number of likely N-dealkylation sites (tertiary alicyclic amines) is 1. The number of nitrogens with zero attached hydrogens (tertiary/aromatic N) is 1. The van der Waals surface area contributed by atoms with Crippen LogP contribution in [0.2, 0.25) is 0 Å². The number of benzene rings is 2. The zero-order valence-corrected chi connectivity index (χ0v) is 13.8. The first-order valence-electron chi connectivity index (χ1n) is 8.38. The van der Waals surface area contributed by atoms with Crippen molar-refractivity contribution in [1.82, 2.24) is 4.90 Å². The Bertz CT molecular complexity index is 765. The van der Waals surface area contributed by atoms with Crippen molar-refractivity contribution in [2.75, 3.05) is 13.1 Å². The number of halogens is 1. The van der Waals surface area contributed by atoms with Crippen LogP contribution in [0, 0.1) is 11.7 Å². The van der Waals surface area contributed by atoms with Gasteiger partial charge >= 0.3 is 0 Å². The van der Waals surface area contributed by atoms with Crippen LogP contribution in [0.25, 0.3) is 0 Å². The first kappa shape index (κ1) is 17.1. The summed E-state index contributed by atoms with van der Waals surface area (Å²) in [6.45, 7) is 1.06. The van der Waals surface area contributed by atoms with E-state index in [0.717, 1.165) is 0 Å². The highest BCUT2D eigenvalue weighted by atomic mass is 19.1. The van der Waals surface area contributed by atoms with Gasteiger partial charge in [-0.25, -0.2) is 4.39 Å². The fraction of sp³-hybridized carbons (Fsp3) is 0.300. The van der Waals surface area contributed by atoms with Gasteiger partial charge in [-0.1, -0.05) is 12.1 Å². The molecule has 0 radical (unpaired) electrons. The molecule has 0 unspecified atom stereocenters. The van der Waals surface area contributed by atoms with Crippen LogP contribution in [0.15, 0.2) is 48.5 Å². The van der Waals surface area contributed by atoms with Crippen LogP contribution < -0.4 is 0 Å². The molecular weight excluding hydrogens is 321 g/mol. The molecule has 0 aromatic heterocycles. The number of Topliss-reactive ketones (excluding diaryl/α,β-unsaturated/α-hetero) is 1. The van der Waals surface area contributed by atoms with E-state index in [1.165, 1.54) is 24.3 Å². The van der Waals surface area contributed by atoms with Crippen molar-refractivity contribution in [1.29, 1.82) is 0 Å². The minimum Gasteiger partial charge on any atom is -0.508 e. The predicted molar refractivity (Wildman–Crippen MR) is 91.8 cm³/mol. The van der Waals surface area contributed by atoms with Crippen LogP contribution in [-0.4, -0.2) is 34.8 Å². The van der Waals surface area contributed by atoms with E-state index in [4.69, 9.17) is 0 Å². The lowest BCUT2D eigenvalue weighted by Gasteiger charge is -2.31. The van der Waals surface area contributed by atoms with Gasteiger partial charge in [0.2, 0.25) is 5.91 Å². The normalized spacial score (nSPS) is 15.2. The maximum absolute atomic E-state index is 13.2. The van der Waals surface area contributed by atoms with Crippen LogP contribution in [0.5, 0.6) is 5.75 Å². The van der Waals surface area contributed by atoms with Gasteiger partial charge in [0.15, 0.2) is 5.78 Å². The Morgan fingerprint density at radius 2 is 1.76 bits per heavy atom. The highest BCUT2D eigenvalue weighted by Crippen LogP contribution is 2.23. The quantitative estimate of drug-likeness (QED) is 0.869. The lowest BCUT2D eigenvalue weighted by Crippen LogP contribution is -2.41. The first-order chi connectivity index (χ1) is 12.0. The SMILES string of the molecule is O=C(c1ccc(O)cc1)C1CCN(C(=O)Cc2cccc(F)c2)CC1. The van der Waals surface area contributed by atoms with Gasteiger partial charge in [0.1, 0.15) is 11.6 Å². The molecule has 0 saturated carbocycles. The number of phenols is 1. The minimum atomic E-state index is -0.344. The topological polar surface area (TPSA) is 57.6 Å². The molecule has 0 aliphatic carbocycles. The number of carbonyl (C=O) groups is 2.